The second-order valence-corrected chi connectivity index (χ2v) is 4.25. The van der Waals surface area contributed by atoms with Crippen molar-refractivity contribution in [2.75, 3.05) is 14.1 Å². The van der Waals surface area contributed by atoms with Crippen LogP contribution in [0.1, 0.15) is 39.0 Å². The van der Waals surface area contributed by atoms with Gasteiger partial charge in [0.05, 0.1) is 6.04 Å². The summed E-state index contributed by atoms with van der Waals surface area (Å²) in [5.74, 6) is 6.54. The highest BCUT2D eigenvalue weighted by molar-refractivity contribution is 5.17. The van der Waals surface area contributed by atoms with Gasteiger partial charge in [-0.1, -0.05) is 23.5 Å². The predicted molar refractivity (Wildman–Crippen MR) is 62.1 cm³/mol. The Morgan fingerprint density at radius 1 is 1.43 bits per heavy atom. The van der Waals surface area contributed by atoms with Crippen LogP contribution in [-0.4, -0.2) is 25.0 Å². The molecule has 0 aromatic heterocycles. The molecule has 0 heterocycles. The molecule has 1 atom stereocenters. The first-order valence-corrected chi connectivity index (χ1v) is 5.53. The molecule has 0 aliphatic heterocycles. The predicted octanol–water partition coefficient (Wildman–Crippen LogP) is 2.83. The Balaban J connectivity index is 2.34. The minimum Gasteiger partial charge on any atom is -0.296 e. The lowest BCUT2D eigenvalue weighted by atomic mass is 9.97. The first-order chi connectivity index (χ1) is 6.70. The van der Waals surface area contributed by atoms with E-state index in [4.69, 9.17) is 0 Å². The molecule has 0 fully saturated rings. The lowest BCUT2D eigenvalue weighted by Gasteiger charge is -2.13. The minimum absolute atomic E-state index is 0.374. The van der Waals surface area contributed by atoms with E-state index in [1.54, 1.807) is 5.57 Å². The summed E-state index contributed by atoms with van der Waals surface area (Å²) in [7, 11) is 4.14. The van der Waals surface area contributed by atoms with E-state index in [1.807, 2.05) is 0 Å². The smallest absolute Gasteiger partial charge is 0.0681 e. The van der Waals surface area contributed by atoms with Crippen molar-refractivity contribution in [2.45, 2.75) is 45.1 Å². The lowest BCUT2D eigenvalue weighted by molar-refractivity contribution is 0.373. The molecule has 0 spiro atoms. The van der Waals surface area contributed by atoms with Gasteiger partial charge in [0.1, 0.15) is 0 Å². The Morgan fingerprint density at radius 2 is 2.21 bits per heavy atom. The van der Waals surface area contributed by atoms with Crippen LogP contribution in [0.2, 0.25) is 0 Å². The first-order valence-electron chi connectivity index (χ1n) is 5.53. The zero-order valence-electron chi connectivity index (χ0n) is 9.64. The van der Waals surface area contributed by atoms with Crippen LogP contribution in [0.3, 0.4) is 0 Å². The van der Waals surface area contributed by atoms with Crippen LogP contribution < -0.4 is 0 Å². The molecule has 1 aliphatic carbocycles. The van der Waals surface area contributed by atoms with Crippen LogP contribution in [0, 0.1) is 11.8 Å². The third-order valence-electron chi connectivity index (χ3n) is 2.79. The van der Waals surface area contributed by atoms with Crippen molar-refractivity contribution in [3.63, 3.8) is 0 Å². The molecule has 1 rings (SSSR count). The number of rotatable bonds is 2. The lowest BCUT2D eigenvalue weighted by Crippen LogP contribution is -2.22. The fourth-order valence-electron chi connectivity index (χ4n) is 1.51. The van der Waals surface area contributed by atoms with Gasteiger partial charge in [0.25, 0.3) is 0 Å². The molecule has 0 N–H and O–H groups in total. The molecule has 0 bridgehead atoms. The SMILES string of the molecule is CC(C#CCC1=CCCCC1)N(C)C. The van der Waals surface area contributed by atoms with Gasteiger partial charge in [-0.15, -0.1) is 0 Å². The summed E-state index contributed by atoms with van der Waals surface area (Å²) in [6, 6.07) is 0.374. The minimum atomic E-state index is 0.374. The van der Waals surface area contributed by atoms with Gasteiger partial charge in [-0.05, 0) is 46.7 Å². The summed E-state index contributed by atoms with van der Waals surface area (Å²) in [4.78, 5) is 2.14. The Labute approximate surface area is 88.2 Å². The third-order valence-corrected chi connectivity index (χ3v) is 2.79. The maximum absolute atomic E-state index is 3.28. The van der Waals surface area contributed by atoms with Crippen molar-refractivity contribution >= 4 is 0 Å². The molecule has 1 aliphatic rings. The molecule has 0 radical (unpaired) electrons. The molecule has 0 aromatic rings. The van der Waals surface area contributed by atoms with Crippen molar-refractivity contribution in [1.29, 1.82) is 0 Å². The topological polar surface area (TPSA) is 3.24 Å². The standard InChI is InChI=1S/C13H21N/c1-12(14(2)3)8-7-11-13-9-5-4-6-10-13/h9,12H,4-6,10-11H2,1-3H3. The maximum atomic E-state index is 3.28. The van der Waals surface area contributed by atoms with Crippen molar-refractivity contribution in [1.82, 2.24) is 4.90 Å². The highest BCUT2D eigenvalue weighted by atomic mass is 15.1. The van der Waals surface area contributed by atoms with Crippen molar-refractivity contribution in [3.8, 4) is 11.8 Å². The zero-order chi connectivity index (χ0) is 10.4. The highest BCUT2D eigenvalue weighted by Crippen LogP contribution is 2.19. The van der Waals surface area contributed by atoms with Crippen molar-refractivity contribution in [2.24, 2.45) is 0 Å². The summed E-state index contributed by atoms with van der Waals surface area (Å²) in [5, 5.41) is 0. The van der Waals surface area contributed by atoms with Gasteiger partial charge in [-0.25, -0.2) is 0 Å². The second-order valence-electron chi connectivity index (χ2n) is 4.25. The van der Waals surface area contributed by atoms with Crippen LogP contribution >= 0.6 is 0 Å². The first kappa shape index (κ1) is 11.3. The Morgan fingerprint density at radius 3 is 2.79 bits per heavy atom. The molecule has 0 aromatic carbocycles. The van der Waals surface area contributed by atoms with Gasteiger partial charge in [-0.3, -0.25) is 4.90 Å². The van der Waals surface area contributed by atoms with Gasteiger partial charge in [0.15, 0.2) is 0 Å². The average molecular weight is 191 g/mol. The Bertz CT molecular complexity index is 252. The van der Waals surface area contributed by atoms with Gasteiger partial charge in [-0.2, -0.15) is 0 Å². The number of hydrogen-bond acceptors (Lipinski definition) is 1. The molecular weight excluding hydrogens is 170 g/mol. The van der Waals surface area contributed by atoms with E-state index in [-0.39, 0.29) is 0 Å². The molecule has 0 saturated carbocycles. The summed E-state index contributed by atoms with van der Waals surface area (Å²) < 4.78 is 0. The number of nitrogens with zero attached hydrogens (tertiary/aromatic N) is 1. The summed E-state index contributed by atoms with van der Waals surface area (Å²) >= 11 is 0. The summed E-state index contributed by atoms with van der Waals surface area (Å²) in [6.45, 7) is 2.14. The average Bonchev–Trinajstić information content (AvgIpc) is 2.19. The molecule has 78 valence electrons. The molecular formula is C13H21N. The quantitative estimate of drug-likeness (QED) is 0.479. The molecule has 0 amide bonds. The monoisotopic (exact) mass is 191 g/mol. The number of allylic oxidation sites excluding steroid dienone is 2. The van der Waals surface area contributed by atoms with Crippen LogP contribution in [0.25, 0.3) is 0 Å². The largest absolute Gasteiger partial charge is 0.296 e. The van der Waals surface area contributed by atoms with E-state index in [0.29, 0.717) is 6.04 Å². The molecule has 1 heteroatoms. The molecule has 1 unspecified atom stereocenters. The second kappa shape index (κ2) is 5.88. The number of hydrogen-bond donors (Lipinski definition) is 0. The van der Waals surface area contributed by atoms with Crippen LogP contribution in [0.15, 0.2) is 11.6 Å². The van der Waals surface area contributed by atoms with Gasteiger partial charge < -0.3 is 0 Å². The Kier molecular flexibility index (Phi) is 4.76. The maximum Gasteiger partial charge on any atom is 0.0681 e. The van der Waals surface area contributed by atoms with E-state index in [1.165, 1.54) is 25.7 Å². The van der Waals surface area contributed by atoms with Gasteiger partial charge in [0.2, 0.25) is 0 Å². The van der Waals surface area contributed by atoms with Crippen LogP contribution in [-0.2, 0) is 0 Å². The van der Waals surface area contributed by atoms with Crippen molar-refractivity contribution in [3.05, 3.63) is 11.6 Å². The summed E-state index contributed by atoms with van der Waals surface area (Å²) in [6.07, 6.45) is 8.61. The van der Waals surface area contributed by atoms with E-state index in [9.17, 15) is 0 Å². The highest BCUT2D eigenvalue weighted by Gasteiger charge is 2.01. The third kappa shape index (κ3) is 3.98. The fraction of sp³-hybridized carbons (Fsp3) is 0.692. The normalized spacial score (nSPS) is 18.4. The van der Waals surface area contributed by atoms with E-state index in [0.717, 1.165) is 6.42 Å². The van der Waals surface area contributed by atoms with Gasteiger partial charge in [0, 0.05) is 6.42 Å². The summed E-state index contributed by atoms with van der Waals surface area (Å²) in [5.41, 5.74) is 1.55. The van der Waals surface area contributed by atoms with E-state index >= 15 is 0 Å². The van der Waals surface area contributed by atoms with Crippen LogP contribution in [0.4, 0.5) is 0 Å². The van der Waals surface area contributed by atoms with E-state index < -0.39 is 0 Å². The molecule has 0 saturated heterocycles. The molecule has 1 nitrogen and oxygen atoms in total. The van der Waals surface area contributed by atoms with Crippen molar-refractivity contribution < 1.29 is 0 Å². The fourth-order valence-corrected chi connectivity index (χ4v) is 1.51. The zero-order valence-corrected chi connectivity index (χ0v) is 9.64. The Hall–Kier alpha value is -0.740. The molecule has 14 heavy (non-hydrogen) atoms. The van der Waals surface area contributed by atoms with E-state index in [2.05, 4.69) is 43.8 Å². The van der Waals surface area contributed by atoms with Crippen LogP contribution in [0.5, 0.6) is 0 Å². The van der Waals surface area contributed by atoms with Gasteiger partial charge >= 0.3 is 0 Å².